The third-order valence-electron chi connectivity index (χ3n) is 3.91. The summed E-state index contributed by atoms with van der Waals surface area (Å²) in [6, 6.07) is 12.4. The third-order valence-corrected chi connectivity index (χ3v) is 4.14. The molecular weight excluding hydrogens is 312 g/mol. The molecule has 1 heterocycles. The smallest absolute Gasteiger partial charge is 0.255 e. The molecule has 0 atom stereocenters. The first-order valence-electron chi connectivity index (χ1n) is 7.52. The molecule has 0 saturated carbocycles. The van der Waals surface area contributed by atoms with Crippen molar-refractivity contribution in [3.8, 4) is 0 Å². The Hall–Kier alpha value is -2.33. The summed E-state index contributed by atoms with van der Waals surface area (Å²) < 4.78 is 0. The number of rotatable bonds is 3. The molecule has 2 amide bonds. The van der Waals surface area contributed by atoms with Crippen molar-refractivity contribution in [2.24, 2.45) is 0 Å². The molecule has 0 bridgehead atoms. The van der Waals surface area contributed by atoms with E-state index in [-0.39, 0.29) is 11.8 Å². The predicted octanol–water partition coefficient (Wildman–Crippen LogP) is 4.03. The second-order valence-corrected chi connectivity index (χ2v) is 6.05. The lowest BCUT2D eigenvalue weighted by Gasteiger charge is -2.19. The zero-order chi connectivity index (χ0) is 16.4. The van der Waals surface area contributed by atoms with E-state index >= 15 is 0 Å². The van der Waals surface area contributed by atoms with E-state index in [1.165, 1.54) is 0 Å². The molecule has 5 heteroatoms. The van der Waals surface area contributed by atoms with Gasteiger partial charge in [-0.1, -0.05) is 17.7 Å². The van der Waals surface area contributed by atoms with Gasteiger partial charge in [-0.15, -0.1) is 0 Å². The van der Waals surface area contributed by atoms with Crippen molar-refractivity contribution in [1.29, 1.82) is 0 Å². The van der Waals surface area contributed by atoms with Gasteiger partial charge in [0.1, 0.15) is 0 Å². The van der Waals surface area contributed by atoms with Crippen molar-refractivity contribution >= 4 is 34.8 Å². The summed E-state index contributed by atoms with van der Waals surface area (Å²) >= 11 is 5.91. The van der Waals surface area contributed by atoms with E-state index in [0.717, 1.165) is 24.2 Å². The highest BCUT2D eigenvalue weighted by Gasteiger charge is 2.23. The van der Waals surface area contributed by atoms with Crippen LogP contribution in [0.4, 0.5) is 11.4 Å². The second-order valence-electron chi connectivity index (χ2n) is 5.61. The van der Waals surface area contributed by atoms with E-state index in [1.807, 2.05) is 25.1 Å². The van der Waals surface area contributed by atoms with E-state index in [0.29, 0.717) is 22.7 Å². The van der Waals surface area contributed by atoms with Crippen LogP contribution in [0.3, 0.4) is 0 Å². The number of amides is 2. The number of hydrogen-bond acceptors (Lipinski definition) is 2. The van der Waals surface area contributed by atoms with Crippen LogP contribution in [0.25, 0.3) is 0 Å². The number of benzene rings is 2. The standard InChI is InChI=1S/C18H17ClN2O2/c1-12-10-15(7-8-16(12)21-9-3-6-17(21)22)20-18(23)13-4-2-5-14(19)11-13/h2,4-5,7-8,10-11H,3,6,9H2,1H3,(H,20,23). The molecule has 118 valence electrons. The number of halogens is 1. The number of nitrogens with zero attached hydrogens (tertiary/aromatic N) is 1. The maximum Gasteiger partial charge on any atom is 0.255 e. The third kappa shape index (κ3) is 3.37. The molecule has 1 aliphatic rings. The summed E-state index contributed by atoms with van der Waals surface area (Å²) in [5, 5.41) is 3.38. The van der Waals surface area contributed by atoms with Gasteiger partial charge in [-0.05, 0) is 55.3 Å². The molecule has 0 radical (unpaired) electrons. The molecule has 2 aromatic carbocycles. The number of carbonyl (C=O) groups is 2. The van der Waals surface area contributed by atoms with Crippen LogP contribution in [0.15, 0.2) is 42.5 Å². The summed E-state index contributed by atoms with van der Waals surface area (Å²) in [7, 11) is 0. The Morgan fingerprint density at radius 2 is 2.04 bits per heavy atom. The minimum absolute atomic E-state index is 0.156. The fourth-order valence-corrected chi connectivity index (χ4v) is 2.96. The van der Waals surface area contributed by atoms with Crippen LogP contribution in [0.2, 0.25) is 5.02 Å². The first kappa shape index (κ1) is 15.6. The quantitative estimate of drug-likeness (QED) is 0.924. The molecule has 0 aromatic heterocycles. The Balaban J connectivity index is 1.78. The zero-order valence-electron chi connectivity index (χ0n) is 12.8. The summed E-state index contributed by atoms with van der Waals surface area (Å²) in [6.07, 6.45) is 1.50. The summed E-state index contributed by atoms with van der Waals surface area (Å²) in [5.41, 5.74) is 3.08. The van der Waals surface area contributed by atoms with E-state index in [9.17, 15) is 9.59 Å². The van der Waals surface area contributed by atoms with Crippen molar-refractivity contribution in [2.45, 2.75) is 19.8 Å². The van der Waals surface area contributed by atoms with Crippen molar-refractivity contribution in [1.82, 2.24) is 0 Å². The van der Waals surface area contributed by atoms with Crippen molar-refractivity contribution in [3.05, 3.63) is 58.6 Å². The topological polar surface area (TPSA) is 49.4 Å². The van der Waals surface area contributed by atoms with Crippen molar-refractivity contribution in [3.63, 3.8) is 0 Å². The molecule has 3 rings (SSSR count). The highest BCUT2D eigenvalue weighted by molar-refractivity contribution is 6.31. The first-order valence-corrected chi connectivity index (χ1v) is 7.90. The monoisotopic (exact) mass is 328 g/mol. The average Bonchev–Trinajstić information content (AvgIpc) is 2.93. The molecule has 0 aliphatic carbocycles. The minimum atomic E-state index is -0.211. The number of hydrogen-bond donors (Lipinski definition) is 1. The molecular formula is C18H17ClN2O2. The van der Waals surface area contributed by atoms with Gasteiger partial charge < -0.3 is 10.2 Å². The van der Waals surface area contributed by atoms with Gasteiger partial charge >= 0.3 is 0 Å². The van der Waals surface area contributed by atoms with Crippen LogP contribution >= 0.6 is 11.6 Å². The Morgan fingerprint density at radius 3 is 2.70 bits per heavy atom. The predicted molar refractivity (Wildman–Crippen MR) is 92.2 cm³/mol. The lowest BCUT2D eigenvalue weighted by Crippen LogP contribution is -2.24. The summed E-state index contributed by atoms with van der Waals surface area (Å²) in [5.74, 6) is -0.0549. The maximum atomic E-state index is 12.2. The summed E-state index contributed by atoms with van der Waals surface area (Å²) in [6.45, 7) is 2.70. The van der Waals surface area contributed by atoms with Gasteiger partial charge in [-0.2, -0.15) is 0 Å². The minimum Gasteiger partial charge on any atom is -0.322 e. The van der Waals surface area contributed by atoms with Gasteiger partial charge in [0.05, 0.1) is 0 Å². The molecule has 1 N–H and O–H groups in total. The number of carbonyl (C=O) groups excluding carboxylic acids is 2. The van der Waals surface area contributed by atoms with E-state index in [1.54, 1.807) is 29.2 Å². The van der Waals surface area contributed by atoms with Crippen LogP contribution in [-0.4, -0.2) is 18.4 Å². The van der Waals surface area contributed by atoms with Crippen molar-refractivity contribution in [2.75, 3.05) is 16.8 Å². The first-order chi connectivity index (χ1) is 11.0. The molecule has 0 unspecified atom stereocenters. The van der Waals surface area contributed by atoms with Gasteiger partial charge in [0.2, 0.25) is 5.91 Å². The number of nitrogens with one attached hydrogen (secondary N) is 1. The van der Waals surface area contributed by atoms with Crippen LogP contribution < -0.4 is 10.2 Å². The van der Waals surface area contributed by atoms with Crippen LogP contribution in [0.1, 0.15) is 28.8 Å². The fourth-order valence-electron chi connectivity index (χ4n) is 2.77. The van der Waals surface area contributed by atoms with E-state index in [2.05, 4.69) is 5.32 Å². The SMILES string of the molecule is Cc1cc(NC(=O)c2cccc(Cl)c2)ccc1N1CCCC1=O. The molecule has 23 heavy (non-hydrogen) atoms. The average molecular weight is 329 g/mol. The highest BCUT2D eigenvalue weighted by Crippen LogP contribution is 2.27. The Labute approximate surface area is 140 Å². The van der Waals surface area contributed by atoms with Crippen LogP contribution in [0.5, 0.6) is 0 Å². The van der Waals surface area contributed by atoms with Gasteiger partial charge in [0.15, 0.2) is 0 Å². The molecule has 1 fully saturated rings. The summed E-state index contributed by atoms with van der Waals surface area (Å²) in [4.78, 5) is 25.9. The normalized spacial score (nSPS) is 14.2. The lowest BCUT2D eigenvalue weighted by atomic mass is 10.1. The highest BCUT2D eigenvalue weighted by atomic mass is 35.5. The van der Waals surface area contributed by atoms with Gasteiger partial charge in [0.25, 0.3) is 5.91 Å². The zero-order valence-corrected chi connectivity index (χ0v) is 13.6. The van der Waals surface area contributed by atoms with E-state index in [4.69, 9.17) is 11.6 Å². The van der Waals surface area contributed by atoms with E-state index < -0.39 is 0 Å². The van der Waals surface area contributed by atoms with Gasteiger partial charge in [-0.25, -0.2) is 0 Å². The molecule has 4 nitrogen and oxygen atoms in total. The van der Waals surface area contributed by atoms with Crippen LogP contribution in [-0.2, 0) is 4.79 Å². The molecule has 1 saturated heterocycles. The van der Waals surface area contributed by atoms with Crippen LogP contribution in [0, 0.1) is 6.92 Å². The Bertz CT molecular complexity index is 773. The second kappa shape index (κ2) is 6.42. The molecule has 1 aliphatic heterocycles. The number of anilines is 2. The Morgan fingerprint density at radius 1 is 1.22 bits per heavy atom. The van der Waals surface area contributed by atoms with Gasteiger partial charge in [0, 0.05) is 34.9 Å². The maximum absolute atomic E-state index is 12.2. The lowest BCUT2D eigenvalue weighted by molar-refractivity contribution is -0.117. The molecule has 0 spiro atoms. The molecule has 2 aromatic rings. The largest absolute Gasteiger partial charge is 0.322 e. The fraction of sp³-hybridized carbons (Fsp3) is 0.222. The van der Waals surface area contributed by atoms with Gasteiger partial charge in [-0.3, -0.25) is 9.59 Å². The Kier molecular flexibility index (Phi) is 4.35. The number of aryl methyl sites for hydroxylation is 1. The van der Waals surface area contributed by atoms with Crippen molar-refractivity contribution < 1.29 is 9.59 Å².